The summed E-state index contributed by atoms with van der Waals surface area (Å²) in [5, 5.41) is 11.3. The number of carbonyl (C=O) groups is 2. The maximum atomic E-state index is 14.1. The molecule has 0 saturated heterocycles. The van der Waals surface area contributed by atoms with Gasteiger partial charge in [-0.3, -0.25) is 10.1 Å². The van der Waals surface area contributed by atoms with Crippen molar-refractivity contribution in [1.29, 1.82) is 0 Å². The number of anilines is 1. The molecule has 0 aromatic heterocycles. The van der Waals surface area contributed by atoms with Gasteiger partial charge in [-0.05, 0) is 32.9 Å². The third-order valence-electron chi connectivity index (χ3n) is 3.43. The summed E-state index contributed by atoms with van der Waals surface area (Å²) in [6.45, 7) is 4.92. The first-order valence-corrected chi connectivity index (χ1v) is 6.80. The highest BCUT2D eigenvalue weighted by atomic mass is 19.3. The fourth-order valence-corrected chi connectivity index (χ4v) is 2.29. The molecule has 126 valence electrons. The minimum Gasteiger partial charge on any atom is -0.480 e. The Morgan fingerprint density at radius 2 is 1.87 bits per heavy atom. The highest BCUT2D eigenvalue weighted by Crippen LogP contribution is 2.62. The third kappa shape index (κ3) is 3.11. The number of ether oxygens (including phenoxy) is 1. The van der Waals surface area contributed by atoms with E-state index in [1.807, 2.05) is 0 Å². The maximum absolute atomic E-state index is 14.1. The predicted molar refractivity (Wildman–Crippen MR) is 75.1 cm³/mol. The Bertz CT molecular complexity index is 669. The quantitative estimate of drug-likeness (QED) is 0.888. The molecule has 0 bridgehead atoms. The molecular formula is C15H16F3NO4. The van der Waals surface area contributed by atoms with Crippen LogP contribution in [0.25, 0.3) is 0 Å². The molecule has 1 unspecified atom stereocenters. The van der Waals surface area contributed by atoms with E-state index in [4.69, 9.17) is 9.84 Å². The number of alkyl halides is 2. The van der Waals surface area contributed by atoms with E-state index in [2.05, 4.69) is 5.32 Å². The normalized spacial score (nSPS) is 22.3. The number of carboxylic acid groups (broad SMARTS) is 1. The summed E-state index contributed by atoms with van der Waals surface area (Å²) in [4.78, 5) is 22.7. The molecule has 0 heterocycles. The van der Waals surface area contributed by atoms with Gasteiger partial charge in [-0.25, -0.2) is 18.0 Å². The van der Waals surface area contributed by atoms with Crippen molar-refractivity contribution in [3.63, 3.8) is 0 Å². The van der Waals surface area contributed by atoms with Gasteiger partial charge in [0, 0.05) is 17.7 Å². The first-order valence-electron chi connectivity index (χ1n) is 6.80. The number of aliphatic carboxylic acids is 1. The predicted octanol–water partition coefficient (Wildman–Crippen LogP) is 3.53. The Morgan fingerprint density at radius 1 is 1.30 bits per heavy atom. The Balaban J connectivity index is 2.23. The second-order valence-corrected chi connectivity index (χ2v) is 6.41. The molecule has 0 radical (unpaired) electrons. The first kappa shape index (κ1) is 17.1. The fourth-order valence-electron chi connectivity index (χ4n) is 2.29. The summed E-state index contributed by atoms with van der Waals surface area (Å²) >= 11 is 0. The van der Waals surface area contributed by atoms with Crippen LogP contribution in [0.15, 0.2) is 18.2 Å². The van der Waals surface area contributed by atoms with Gasteiger partial charge in [0.1, 0.15) is 11.4 Å². The number of nitrogens with one attached hydrogen (secondary N) is 1. The lowest BCUT2D eigenvalue weighted by atomic mass is 9.94. The van der Waals surface area contributed by atoms with Gasteiger partial charge in [0.05, 0.1) is 0 Å². The van der Waals surface area contributed by atoms with Crippen molar-refractivity contribution in [1.82, 2.24) is 0 Å². The second-order valence-electron chi connectivity index (χ2n) is 6.41. The van der Waals surface area contributed by atoms with E-state index < -0.39 is 46.8 Å². The Labute approximate surface area is 130 Å². The molecule has 1 atom stereocenters. The fraction of sp³-hybridized carbons (Fsp3) is 0.467. The van der Waals surface area contributed by atoms with Crippen LogP contribution in [-0.4, -0.2) is 28.7 Å². The number of carbonyl (C=O) groups excluding carboxylic acids is 1. The molecule has 1 fully saturated rings. The zero-order chi connectivity index (χ0) is 17.6. The topological polar surface area (TPSA) is 75.6 Å². The van der Waals surface area contributed by atoms with E-state index in [9.17, 15) is 22.8 Å². The van der Waals surface area contributed by atoms with E-state index in [-0.39, 0.29) is 5.69 Å². The number of rotatable bonds is 3. The smallest absolute Gasteiger partial charge is 0.412 e. The van der Waals surface area contributed by atoms with Crippen molar-refractivity contribution < 1.29 is 32.6 Å². The number of hydrogen-bond donors (Lipinski definition) is 2. The van der Waals surface area contributed by atoms with Crippen LogP contribution in [-0.2, 0) is 14.9 Å². The first-order chi connectivity index (χ1) is 10.4. The average molecular weight is 331 g/mol. The van der Waals surface area contributed by atoms with Crippen molar-refractivity contribution in [2.24, 2.45) is 0 Å². The van der Waals surface area contributed by atoms with Gasteiger partial charge in [-0.15, -0.1) is 0 Å². The summed E-state index contributed by atoms with van der Waals surface area (Å²) in [7, 11) is 0. The molecule has 1 amide bonds. The molecule has 5 nitrogen and oxygen atoms in total. The molecular weight excluding hydrogens is 315 g/mol. The number of carboxylic acids is 1. The van der Waals surface area contributed by atoms with Crippen molar-refractivity contribution in [3.05, 3.63) is 29.6 Å². The Morgan fingerprint density at radius 3 is 2.26 bits per heavy atom. The van der Waals surface area contributed by atoms with Crippen molar-refractivity contribution >= 4 is 17.7 Å². The van der Waals surface area contributed by atoms with Gasteiger partial charge in [0.2, 0.25) is 0 Å². The van der Waals surface area contributed by atoms with Crippen LogP contribution in [0.2, 0.25) is 0 Å². The molecule has 2 N–H and O–H groups in total. The summed E-state index contributed by atoms with van der Waals surface area (Å²) in [6, 6.07) is 2.89. The molecule has 2 rings (SSSR count). The van der Waals surface area contributed by atoms with Crippen molar-refractivity contribution in [3.8, 4) is 0 Å². The van der Waals surface area contributed by atoms with Gasteiger partial charge in [0.15, 0.2) is 5.41 Å². The monoisotopic (exact) mass is 331 g/mol. The van der Waals surface area contributed by atoms with Crippen molar-refractivity contribution in [2.75, 3.05) is 5.32 Å². The van der Waals surface area contributed by atoms with Gasteiger partial charge in [0.25, 0.3) is 5.92 Å². The average Bonchev–Trinajstić information content (AvgIpc) is 2.91. The van der Waals surface area contributed by atoms with Crippen LogP contribution in [0.5, 0.6) is 0 Å². The number of amides is 1. The van der Waals surface area contributed by atoms with Crippen LogP contribution < -0.4 is 5.32 Å². The van der Waals surface area contributed by atoms with E-state index in [0.717, 1.165) is 18.2 Å². The van der Waals surface area contributed by atoms with E-state index in [1.165, 1.54) is 0 Å². The van der Waals surface area contributed by atoms with Gasteiger partial charge in [-0.1, -0.05) is 6.07 Å². The van der Waals surface area contributed by atoms with Crippen LogP contribution in [0.4, 0.5) is 23.7 Å². The SMILES string of the molecule is CC(C)(C)OC(=O)Nc1ccc(C2(C(=O)O)CC2(F)F)c(F)c1. The molecule has 1 aliphatic carbocycles. The molecule has 1 saturated carbocycles. The lowest BCUT2D eigenvalue weighted by Gasteiger charge is -2.20. The van der Waals surface area contributed by atoms with E-state index in [1.54, 1.807) is 20.8 Å². The molecule has 1 aromatic rings. The third-order valence-corrected chi connectivity index (χ3v) is 3.43. The lowest BCUT2D eigenvalue weighted by molar-refractivity contribution is -0.143. The van der Waals surface area contributed by atoms with Gasteiger partial charge < -0.3 is 9.84 Å². The molecule has 1 aliphatic rings. The van der Waals surface area contributed by atoms with E-state index >= 15 is 0 Å². The maximum Gasteiger partial charge on any atom is 0.412 e. The standard InChI is InChI=1S/C15H16F3NO4/c1-13(2,3)23-12(22)19-8-4-5-9(10(16)6-8)14(11(20)21)7-15(14,17)18/h4-6H,7H2,1-3H3,(H,19,22)(H,20,21). The summed E-state index contributed by atoms with van der Waals surface area (Å²) < 4.78 is 45.9. The highest BCUT2D eigenvalue weighted by Gasteiger charge is 2.78. The second kappa shape index (κ2) is 5.14. The minimum atomic E-state index is -3.50. The van der Waals surface area contributed by atoms with E-state index in [0.29, 0.717) is 0 Å². The number of hydrogen-bond acceptors (Lipinski definition) is 3. The largest absolute Gasteiger partial charge is 0.480 e. The molecule has 1 aromatic carbocycles. The molecule has 0 aliphatic heterocycles. The lowest BCUT2D eigenvalue weighted by Crippen LogP contribution is -2.29. The van der Waals surface area contributed by atoms with Gasteiger partial charge >= 0.3 is 12.1 Å². The molecule has 8 heteroatoms. The number of halogens is 3. The van der Waals surface area contributed by atoms with Crippen LogP contribution >= 0.6 is 0 Å². The summed E-state index contributed by atoms with van der Waals surface area (Å²) in [6.07, 6.45) is -1.79. The zero-order valence-electron chi connectivity index (χ0n) is 12.7. The zero-order valence-corrected chi connectivity index (χ0v) is 12.7. The number of benzene rings is 1. The van der Waals surface area contributed by atoms with Crippen molar-refractivity contribution in [2.45, 2.75) is 44.1 Å². The molecule has 23 heavy (non-hydrogen) atoms. The minimum absolute atomic E-state index is 0.0231. The Kier molecular flexibility index (Phi) is 3.82. The van der Waals surface area contributed by atoms with Crippen LogP contribution in [0.1, 0.15) is 32.8 Å². The summed E-state index contributed by atoms with van der Waals surface area (Å²) in [5.41, 5.74) is -3.93. The van der Waals surface area contributed by atoms with Crippen LogP contribution in [0.3, 0.4) is 0 Å². The molecule has 0 spiro atoms. The highest BCUT2D eigenvalue weighted by molar-refractivity contribution is 5.89. The summed E-state index contributed by atoms with van der Waals surface area (Å²) in [5.74, 6) is -6.41. The van der Waals surface area contributed by atoms with Crippen LogP contribution in [0, 0.1) is 5.82 Å². The Hall–Kier alpha value is -2.25. The van der Waals surface area contributed by atoms with Gasteiger partial charge in [-0.2, -0.15) is 0 Å².